The first kappa shape index (κ1) is 16.4. The van der Waals surface area contributed by atoms with Crippen molar-refractivity contribution in [1.29, 1.82) is 0 Å². The second-order valence-electron chi connectivity index (χ2n) is 4.01. The molecule has 0 aliphatic rings. The molecular weight excluding hydrogens is 400 g/mol. The highest BCUT2D eigenvalue weighted by Crippen LogP contribution is 2.34. The zero-order valence-corrected chi connectivity index (χ0v) is 14.5. The van der Waals surface area contributed by atoms with Crippen LogP contribution in [0.25, 0.3) is 0 Å². The minimum Gasteiger partial charge on any atom is -0.373 e. The number of nitrogens with one attached hydrogen (secondary N) is 2. The summed E-state index contributed by atoms with van der Waals surface area (Å²) < 4.78 is 0.722. The summed E-state index contributed by atoms with van der Waals surface area (Å²) in [5, 5.41) is 6.35. The maximum atomic E-state index is 12.3. The number of hydrogen-bond donors (Lipinski definition) is 2. The highest BCUT2D eigenvalue weighted by Gasteiger charge is 2.14. The fraction of sp³-hybridized carbons (Fsp3) is 0.0769. The van der Waals surface area contributed by atoms with Crippen LogP contribution in [0.3, 0.4) is 0 Å². The van der Waals surface area contributed by atoms with Gasteiger partial charge in [0.15, 0.2) is 0 Å². The summed E-state index contributed by atoms with van der Waals surface area (Å²) in [6.07, 6.45) is 0. The van der Waals surface area contributed by atoms with Gasteiger partial charge < -0.3 is 10.6 Å². The molecule has 4 nitrogen and oxygen atoms in total. The number of carbonyl (C=O) groups excluding carboxylic acids is 1. The molecule has 0 fully saturated rings. The zero-order chi connectivity index (χ0) is 15.6. The SMILES string of the molecule is CNc1cc(C(=O)Nc2c(Cl)cc(Br)cc2Cl)cc(Cl)n1. The quantitative estimate of drug-likeness (QED) is 0.694. The Kier molecular flexibility index (Phi) is 5.32. The summed E-state index contributed by atoms with van der Waals surface area (Å²) >= 11 is 21.3. The molecule has 0 saturated heterocycles. The van der Waals surface area contributed by atoms with Crippen molar-refractivity contribution in [2.24, 2.45) is 0 Å². The van der Waals surface area contributed by atoms with E-state index in [1.807, 2.05) is 0 Å². The van der Waals surface area contributed by atoms with Crippen molar-refractivity contribution in [2.75, 3.05) is 17.7 Å². The van der Waals surface area contributed by atoms with Crippen LogP contribution in [-0.4, -0.2) is 17.9 Å². The minimum atomic E-state index is -0.387. The second kappa shape index (κ2) is 6.83. The fourth-order valence-corrected chi connectivity index (χ4v) is 3.11. The van der Waals surface area contributed by atoms with E-state index in [1.165, 1.54) is 6.07 Å². The van der Waals surface area contributed by atoms with Gasteiger partial charge in [-0.25, -0.2) is 4.98 Å². The molecule has 1 aromatic carbocycles. The molecule has 0 aliphatic heterocycles. The Morgan fingerprint density at radius 2 is 1.76 bits per heavy atom. The molecule has 2 rings (SSSR count). The van der Waals surface area contributed by atoms with E-state index in [0.717, 1.165) is 4.47 Å². The maximum Gasteiger partial charge on any atom is 0.255 e. The number of aromatic nitrogens is 1. The van der Waals surface area contributed by atoms with Crippen molar-refractivity contribution in [2.45, 2.75) is 0 Å². The first-order chi connectivity index (χ1) is 9.90. The van der Waals surface area contributed by atoms with E-state index in [-0.39, 0.29) is 11.1 Å². The van der Waals surface area contributed by atoms with E-state index in [2.05, 4.69) is 31.5 Å². The molecule has 0 spiro atoms. The van der Waals surface area contributed by atoms with Gasteiger partial charge in [-0.3, -0.25) is 4.79 Å². The average Bonchev–Trinajstić information content (AvgIpc) is 2.41. The van der Waals surface area contributed by atoms with Crippen molar-refractivity contribution in [1.82, 2.24) is 4.98 Å². The Bertz CT molecular complexity index is 686. The number of rotatable bonds is 3. The third kappa shape index (κ3) is 4.01. The van der Waals surface area contributed by atoms with E-state index < -0.39 is 0 Å². The molecule has 0 saturated carbocycles. The molecule has 8 heteroatoms. The molecule has 0 aliphatic carbocycles. The largest absolute Gasteiger partial charge is 0.373 e. The fourth-order valence-electron chi connectivity index (χ4n) is 1.60. The standard InChI is InChI=1S/C13H9BrCl3N3O/c1-18-11-3-6(2-10(17)19-11)13(21)20-12-8(15)4-7(14)5-9(12)16/h2-5H,1H3,(H,18,19)(H,20,21). The van der Waals surface area contributed by atoms with Crippen molar-refractivity contribution in [3.8, 4) is 0 Å². The van der Waals surface area contributed by atoms with Gasteiger partial charge in [-0.15, -0.1) is 0 Å². The summed E-state index contributed by atoms with van der Waals surface area (Å²) in [6, 6.07) is 6.31. The number of benzene rings is 1. The lowest BCUT2D eigenvalue weighted by molar-refractivity contribution is 0.102. The van der Waals surface area contributed by atoms with E-state index in [0.29, 0.717) is 27.1 Å². The Balaban J connectivity index is 2.32. The van der Waals surface area contributed by atoms with E-state index >= 15 is 0 Å². The topological polar surface area (TPSA) is 54.0 Å². The number of amides is 1. The molecule has 0 radical (unpaired) electrons. The maximum absolute atomic E-state index is 12.3. The van der Waals surface area contributed by atoms with Crippen molar-refractivity contribution >= 4 is 68.1 Å². The number of nitrogens with zero attached hydrogens (tertiary/aromatic N) is 1. The average molecular weight is 409 g/mol. The number of halogens is 4. The van der Waals surface area contributed by atoms with Crippen LogP contribution >= 0.6 is 50.7 Å². The lowest BCUT2D eigenvalue weighted by Crippen LogP contribution is -2.13. The number of anilines is 2. The van der Waals surface area contributed by atoms with Crippen LogP contribution in [0.2, 0.25) is 15.2 Å². The van der Waals surface area contributed by atoms with Crippen LogP contribution in [0.5, 0.6) is 0 Å². The summed E-state index contributed by atoms with van der Waals surface area (Å²) in [6.45, 7) is 0. The highest BCUT2D eigenvalue weighted by atomic mass is 79.9. The van der Waals surface area contributed by atoms with Gasteiger partial charge in [0, 0.05) is 17.1 Å². The third-order valence-corrected chi connectivity index (χ3v) is 3.81. The van der Waals surface area contributed by atoms with Crippen LogP contribution in [0.4, 0.5) is 11.5 Å². The minimum absolute atomic E-state index is 0.208. The predicted octanol–water partition coefficient (Wildman–Crippen LogP) is 5.10. The Morgan fingerprint density at radius 1 is 1.14 bits per heavy atom. The molecule has 2 N–H and O–H groups in total. The van der Waals surface area contributed by atoms with E-state index in [4.69, 9.17) is 34.8 Å². The summed E-state index contributed by atoms with van der Waals surface area (Å²) in [7, 11) is 1.68. The van der Waals surface area contributed by atoms with Crippen LogP contribution in [0.1, 0.15) is 10.4 Å². The molecule has 2 aromatic rings. The Labute approximate surface area is 144 Å². The highest BCUT2D eigenvalue weighted by molar-refractivity contribution is 9.10. The predicted molar refractivity (Wildman–Crippen MR) is 90.9 cm³/mol. The van der Waals surface area contributed by atoms with Gasteiger partial charge >= 0.3 is 0 Å². The molecule has 0 unspecified atom stereocenters. The van der Waals surface area contributed by atoms with Crippen LogP contribution in [-0.2, 0) is 0 Å². The lowest BCUT2D eigenvalue weighted by atomic mass is 10.2. The van der Waals surface area contributed by atoms with Crippen molar-refractivity contribution in [3.05, 3.63) is 49.5 Å². The summed E-state index contributed by atoms with van der Waals surface area (Å²) in [5.74, 6) is 0.0996. The number of pyridine rings is 1. The molecule has 1 amide bonds. The van der Waals surface area contributed by atoms with Gasteiger partial charge in [0.2, 0.25) is 0 Å². The van der Waals surface area contributed by atoms with Gasteiger partial charge in [-0.1, -0.05) is 50.7 Å². The number of carbonyl (C=O) groups is 1. The van der Waals surface area contributed by atoms with E-state index in [9.17, 15) is 4.79 Å². The molecule has 1 heterocycles. The zero-order valence-electron chi connectivity index (χ0n) is 10.7. The monoisotopic (exact) mass is 407 g/mol. The molecule has 21 heavy (non-hydrogen) atoms. The Morgan fingerprint density at radius 3 is 2.33 bits per heavy atom. The second-order valence-corrected chi connectivity index (χ2v) is 6.13. The van der Waals surface area contributed by atoms with Gasteiger partial charge in [0.25, 0.3) is 5.91 Å². The van der Waals surface area contributed by atoms with Gasteiger partial charge in [0.1, 0.15) is 11.0 Å². The van der Waals surface area contributed by atoms with Crippen molar-refractivity contribution < 1.29 is 4.79 Å². The van der Waals surface area contributed by atoms with Crippen LogP contribution in [0, 0.1) is 0 Å². The number of hydrogen-bond acceptors (Lipinski definition) is 3. The third-order valence-electron chi connectivity index (χ3n) is 2.56. The lowest BCUT2D eigenvalue weighted by Gasteiger charge is -2.11. The normalized spacial score (nSPS) is 10.3. The first-order valence-corrected chi connectivity index (χ1v) is 7.64. The summed E-state index contributed by atoms with van der Waals surface area (Å²) in [5.41, 5.74) is 0.680. The summed E-state index contributed by atoms with van der Waals surface area (Å²) in [4.78, 5) is 16.3. The molecule has 0 atom stereocenters. The molecule has 0 bridgehead atoms. The van der Waals surface area contributed by atoms with Crippen LogP contribution in [0.15, 0.2) is 28.7 Å². The molecular formula is C13H9BrCl3N3O. The first-order valence-electron chi connectivity index (χ1n) is 5.72. The van der Waals surface area contributed by atoms with Gasteiger partial charge in [0.05, 0.1) is 15.7 Å². The van der Waals surface area contributed by atoms with E-state index in [1.54, 1.807) is 25.2 Å². The smallest absolute Gasteiger partial charge is 0.255 e. The molecule has 1 aromatic heterocycles. The van der Waals surface area contributed by atoms with Gasteiger partial charge in [-0.2, -0.15) is 0 Å². The Hall–Kier alpha value is -1.01. The van der Waals surface area contributed by atoms with Crippen molar-refractivity contribution in [3.63, 3.8) is 0 Å². The molecule has 110 valence electrons. The van der Waals surface area contributed by atoms with Gasteiger partial charge in [-0.05, 0) is 24.3 Å². The van der Waals surface area contributed by atoms with Crippen LogP contribution < -0.4 is 10.6 Å².